The van der Waals surface area contributed by atoms with E-state index in [1.54, 1.807) is 23.2 Å². The van der Waals surface area contributed by atoms with E-state index in [-0.39, 0.29) is 23.5 Å². The number of benzene rings is 2. The first-order valence-corrected chi connectivity index (χ1v) is 10.1. The fourth-order valence-electron chi connectivity index (χ4n) is 3.50. The molecule has 32 heavy (non-hydrogen) atoms. The Hall–Kier alpha value is -3.04. The van der Waals surface area contributed by atoms with Gasteiger partial charge in [-0.2, -0.15) is 13.2 Å². The van der Waals surface area contributed by atoms with Crippen molar-refractivity contribution in [3.05, 3.63) is 59.1 Å². The number of amides is 1. The minimum absolute atomic E-state index is 0.107. The highest BCUT2D eigenvalue weighted by atomic mass is 35.5. The van der Waals surface area contributed by atoms with Gasteiger partial charge in [-0.1, -0.05) is 18.2 Å². The molecule has 4 rings (SSSR count). The van der Waals surface area contributed by atoms with Crippen molar-refractivity contribution in [3.8, 4) is 5.75 Å². The summed E-state index contributed by atoms with van der Waals surface area (Å²) in [4.78, 5) is 17.8. The maximum absolute atomic E-state index is 13.4. The normalized spacial score (nSPS) is 17.8. The van der Waals surface area contributed by atoms with Crippen LogP contribution in [0.5, 0.6) is 5.75 Å². The summed E-state index contributed by atoms with van der Waals surface area (Å²) in [5.74, 6) is -0.0469. The highest BCUT2D eigenvalue weighted by Crippen LogP contribution is 2.42. The monoisotopic (exact) mass is 465 g/mol. The number of anilines is 3. The standard InChI is InChI=1S/C22H19ClF3N3O3/c1-2-21(30)28-18-7-13-10-27-12-29(14-3-4-17(23)16(8-14)22(24,25)26)19(13)9-20(18)32-15-5-6-31-11-15/h2-4,7-10,15H,1,5-6,11-12H2,(H,28,30). The van der Waals surface area contributed by atoms with Crippen LogP contribution in [-0.4, -0.2) is 38.1 Å². The van der Waals surface area contributed by atoms with Gasteiger partial charge in [0.1, 0.15) is 18.5 Å². The molecular weight excluding hydrogens is 447 g/mol. The van der Waals surface area contributed by atoms with Gasteiger partial charge in [0, 0.05) is 30.0 Å². The van der Waals surface area contributed by atoms with Crippen LogP contribution in [0.2, 0.25) is 5.02 Å². The van der Waals surface area contributed by atoms with Crippen LogP contribution >= 0.6 is 11.6 Å². The average Bonchev–Trinajstić information content (AvgIpc) is 3.26. The Labute approximate surface area is 187 Å². The largest absolute Gasteiger partial charge is 0.486 e. The third kappa shape index (κ3) is 4.58. The number of nitrogens with zero attached hydrogens (tertiary/aromatic N) is 2. The SMILES string of the molecule is C=CC(=O)Nc1cc2c(cc1OC1CCOC1)N(c1ccc(Cl)c(C(F)(F)F)c1)CN=C2. The van der Waals surface area contributed by atoms with Gasteiger partial charge in [0.25, 0.3) is 0 Å². The molecule has 10 heteroatoms. The molecule has 0 radical (unpaired) electrons. The van der Waals surface area contributed by atoms with Crippen LogP contribution in [0.3, 0.4) is 0 Å². The molecule has 2 aliphatic heterocycles. The number of ether oxygens (including phenoxy) is 2. The van der Waals surface area contributed by atoms with Crippen molar-refractivity contribution in [2.75, 3.05) is 30.1 Å². The predicted molar refractivity (Wildman–Crippen MR) is 116 cm³/mol. The molecule has 1 amide bonds. The smallest absolute Gasteiger partial charge is 0.417 e. The number of fused-ring (bicyclic) bond motifs is 1. The number of alkyl halides is 3. The van der Waals surface area contributed by atoms with Gasteiger partial charge < -0.3 is 19.7 Å². The van der Waals surface area contributed by atoms with E-state index in [0.29, 0.717) is 42.3 Å². The lowest BCUT2D eigenvalue weighted by atomic mass is 10.1. The van der Waals surface area contributed by atoms with Gasteiger partial charge >= 0.3 is 6.18 Å². The fraction of sp³-hybridized carbons (Fsp3) is 0.273. The van der Waals surface area contributed by atoms with Gasteiger partial charge in [-0.25, -0.2) is 0 Å². The molecule has 2 aromatic carbocycles. The van der Waals surface area contributed by atoms with Crippen LogP contribution in [0, 0.1) is 0 Å². The van der Waals surface area contributed by atoms with E-state index in [1.807, 2.05) is 0 Å². The number of hydrogen-bond acceptors (Lipinski definition) is 5. The minimum atomic E-state index is -4.59. The number of hydrogen-bond donors (Lipinski definition) is 1. The maximum atomic E-state index is 13.4. The predicted octanol–water partition coefficient (Wildman–Crippen LogP) is 5.18. The molecule has 2 aliphatic rings. The van der Waals surface area contributed by atoms with Crippen LogP contribution in [0.25, 0.3) is 0 Å². The van der Waals surface area contributed by atoms with Crippen LogP contribution in [0.4, 0.5) is 30.2 Å². The summed E-state index contributed by atoms with van der Waals surface area (Å²) < 4.78 is 51.5. The molecule has 0 saturated carbocycles. The zero-order chi connectivity index (χ0) is 22.9. The molecule has 0 aliphatic carbocycles. The summed E-state index contributed by atoms with van der Waals surface area (Å²) in [7, 11) is 0. The van der Waals surface area contributed by atoms with Crippen molar-refractivity contribution in [3.63, 3.8) is 0 Å². The Morgan fingerprint density at radius 3 is 2.84 bits per heavy atom. The van der Waals surface area contributed by atoms with E-state index in [2.05, 4.69) is 16.9 Å². The van der Waals surface area contributed by atoms with Gasteiger partial charge in [-0.15, -0.1) is 0 Å². The maximum Gasteiger partial charge on any atom is 0.417 e. The second kappa shape index (κ2) is 8.84. The third-order valence-corrected chi connectivity index (χ3v) is 5.39. The van der Waals surface area contributed by atoms with Crippen LogP contribution < -0.4 is 15.0 Å². The summed E-state index contributed by atoms with van der Waals surface area (Å²) in [6.07, 6.45) is -1.38. The first-order valence-electron chi connectivity index (χ1n) is 9.76. The summed E-state index contributed by atoms with van der Waals surface area (Å²) in [5, 5.41) is 2.33. The minimum Gasteiger partial charge on any atom is -0.486 e. The van der Waals surface area contributed by atoms with Crippen LogP contribution in [-0.2, 0) is 15.7 Å². The van der Waals surface area contributed by atoms with Gasteiger partial charge in [-0.05, 0) is 30.3 Å². The van der Waals surface area contributed by atoms with E-state index >= 15 is 0 Å². The lowest BCUT2D eigenvalue weighted by Gasteiger charge is -2.30. The Morgan fingerprint density at radius 1 is 1.34 bits per heavy atom. The number of rotatable bonds is 5. The molecule has 2 aromatic rings. The van der Waals surface area contributed by atoms with Crippen molar-refractivity contribution < 1.29 is 27.4 Å². The second-order valence-corrected chi connectivity index (χ2v) is 7.65. The molecular formula is C22H19ClF3N3O3. The molecule has 1 atom stereocenters. The molecule has 1 saturated heterocycles. The molecule has 1 unspecified atom stereocenters. The summed E-state index contributed by atoms with van der Waals surface area (Å²) in [6.45, 7) is 4.53. The van der Waals surface area contributed by atoms with Crippen molar-refractivity contribution in [1.82, 2.24) is 0 Å². The number of carbonyl (C=O) groups excluding carboxylic acids is 1. The molecule has 6 nitrogen and oxygen atoms in total. The first-order chi connectivity index (χ1) is 15.3. The highest BCUT2D eigenvalue weighted by Gasteiger charge is 2.34. The van der Waals surface area contributed by atoms with E-state index in [9.17, 15) is 18.0 Å². The topological polar surface area (TPSA) is 63.2 Å². The van der Waals surface area contributed by atoms with E-state index in [0.717, 1.165) is 12.1 Å². The molecule has 0 spiro atoms. The second-order valence-electron chi connectivity index (χ2n) is 7.25. The fourth-order valence-corrected chi connectivity index (χ4v) is 3.73. The third-order valence-electron chi connectivity index (χ3n) is 5.06. The van der Waals surface area contributed by atoms with Crippen molar-refractivity contribution in [2.45, 2.75) is 18.7 Å². The molecule has 1 N–H and O–H groups in total. The number of carbonyl (C=O) groups is 1. The summed E-state index contributed by atoms with van der Waals surface area (Å²) in [5.41, 5.74) is 0.941. The number of nitrogens with one attached hydrogen (secondary N) is 1. The van der Waals surface area contributed by atoms with E-state index in [4.69, 9.17) is 21.1 Å². The Morgan fingerprint density at radius 2 is 2.16 bits per heavy atom. The van der Waals surface area contributed by atoms with E-state index < -0.39 is 17.6 Å². The zero-order valence-corrected chi connectivity index (χ0v) is 17.5. The Kier molecular flexibility index (Phi) is 6.12. The van der Waals surface area contributed by atoms with Gasteiger partial charge in [0.05, 0.1) is 35.2 Å². The van der Waals surface area contributed by atoms with Gasteiger partial charge in [-0.3, -0.25) is 9.79 Å². The van der Waals surface area contributed by atoms with Crippen molar-refractivity contribution >= 4 is 40.8 Å². The first kappa shape index (κ1) is 22.2. The molecule has 168 valence electrons. The lowest BCUT2D eigenvalue weighted by Crippen LogP contribution is -2.24. The molecule has 0 aromatic heterocycles. The van der Waals surface area contributed by atoms with Gasteiger partial charge in [0.2, 0.25) is 5.91 Å². The molecule has 2 heterocycles. The number of halogens is 4. The van der Waals surface area contributed by atoms with Crippen LogP contribution in [0.1, 0.15) is 17.5 Å². The molecule has 0 bridgehead atoms. The van der Waals surface area contributed by atoms with Gasteiger partial charge in [0.15, 0.2) is 0 Å². The molecule has 1 fully saturated rings. The Balaban J connectivity index is 1.77. The summed E-state index contributed by atoms with van der Waals surface area (Å²) in [6, 6.07) is 7.05. The quantitative estimate of drug-likeness (QED) is 0.618. The number of aliphatic imine (C=N–C) groups is 1. The van der Waals surface area contributed by atoms with E-state index in [1.165, 1.54) is 12.1 Å². The van der Waals surface area contributed by atoms with Crippen LogP contribution in [0.15, 0.2) is 48.0 Å². The van der Waals surface area contributed by atoms with Crippen molar-refractivity contribution in [2.24, 2.45) is 4.99 Å². The lowest BCUT2D eigenvalue weighted by molar-refractivity contribution is -0.137. The summed E-state index contributed by atoms with van der Waals surface area (Å²) >= 11 is 5.78. The Bertz CT molecular complexity index is 1080. The zero-order valence-electron chi connectivity index (χ0n) is 16.8. The van der Waals surface area contributed by atoms with Crippen molar-refractivity contribution in [1.29, 1.82) is 0 Å². The highest BCUT2D eigenvalue weighted by molar-refractivity contribution is 6.31. The average molecular weight is 466 g/mol.